The minimum atomic E-state index is -0.285. The maximum atomic E-state index is 13.3. The molecule has 0 fully saturated rings. The lowest BCUT2D eigenvalue weighted by Gasteiger charge is -2.28. The zero-order chi connectivity index (χ0) is 17.7. The highest BCUT2D eigenvalue weighted by Crippen LogP contribution is 2.18. The van der Waals surface area contributed by atoms with E-state index >= 15 is 0 Å². The van der Waals surface area contributed by atoms with Crippen LogP contribution in [-0.4, -0.2) is 35.8 Å². The third-order valence-corrected chi connectivity index (χ3v) is 4.85. The summed E-state index contributed by atoms with van der Waals surface area (Å²) in [5.41, 5.74) is 1.92. The SMILES string of the molecule is CC(C(=O)N(C)Cc1cccc(F)c1)N(C)Cc1ccccc1Br. The van der Waals surface area contributed by atoms with E-state index in [2.05, 4.69) is 15.9 Å². The van der Waals surface area contributed by atoms with Gasteiger partial charge in [-0.3, -0.25) is 9.69 Å². The molecule has 0 aliphatic heterocycles. The van der Waals surface area contributed by atoms with Crippen LogP contribution in [0.25, 0.3) is 0 Å². The molecule has 0 bridgehead atoms. The van der Waals surface area contributed by atoms with E-state index in [1.165, 1.54) is 12.1 Å². The van der Waals surface area contributed by atoms with Crippen molar-refractivity contribution in [2.45, 2.75) is 26.1 Å². The fourth-order valence-electron chi connectivity index (χ4n) is 2.53. The number of hydrogen-bond donors (Lipinski definition) is 0. The van der Waals surface area contributed by atoms with Crippen LogP contribution in [0.3, 0.4) is 0 Å². The van der Waals surface area contributed by atoms with Gasteiger partial charge in [-0.2, -0.15) is 0 Å². The smallest absolute Gasteiger partial charge is 0.239 e. The summed E-state index contributed by atoms with van der Waals surface area (Å²) >= 11 is 3.53. The van der Waals surface area contributed by atoms with Gasteiger partial charge < -0.3 is 4.90 Å². The van der Waals surface area contributed by atoms with Crippen molar-refractivity contribution in [3.05, 3.63) is 69.9 Å². The van der Waals surface area contributed by atoms with Crippen molar-refractivity contribution >= 4 is 21.8 Å². The third kappa shape index (κ3) is 4.89. The van der Waals surface area contributed by atoms with E-state index in [9.17, 15) is 9.18 Å². The first-order valence-electron chi connectivity index (χ1n) is 7.81. The van der Waals surface area contributed by atoms with E-state index in [0.717, 1.165) is 15.6 Å². The second-order valence-corrected chi connectivity index (χ2v) is 6.86. The summed E-state index contributed by atoms with van der Waals surface area (Å²) in [6, 6.07) is 14.0. The molecule has 128 valence electrons. The van der Waals surface area contributed by atoms with Crippen LogP contribution in [0.2, 0.25) is 0 Å². The number of nitrogens with zero attached hydrogens (tertiary/aromatic N) is 2. The van der Waals surface area contributed by atoms with Gasteiger partial charge in [0.15, 0.2) is 0 Å². The number of halogens is 2. The Morgan fingerprint density at radius 3 is 2.50 bits per heavy atom. The van der Waals surface area contributed by atoms with E-state index in [0.29, 0.717) is 13.1 Å². The van der Waals surface area contributed by atoms with Gasteiger partial charge in [0.25, 0.3) is 0 Å². The Labute approximate surface area is 151 Å². The Hall–Kier alpha value is -1.72. The predicted molar refractivity (Wildman–Crippen MR) is 97.9 cm³/mol. The molecular formula is C19H22BrFN2O. The molecule has 2 rings (SSSR count). The van der Waals surface area contributed by atoms with Gasteiger partial charge in [-0.25, -0.2) is 4.39 Å². The monoisotopic (exact) mass is 392 g/mol. The average molecular weight is 393 g/mol. The number of benzene rings is 2. The van der Waals surface area contributed by atoms with E-state index < -0.39 is 0 Å². The van der Waals surface area contributed by atoms with Crippen LogP contribution < -0.4 is 0 Å². The van der Waals surface area contributed by atoms with E-state index in [1.54, 1.807) is 18.0 Å². The minimum absolute atomic E-state index is 0.00816. The first-order chi connectivity index (χ1) is 11.4. The summed E-state index contributed by atoms with van der Waals surface area (Å²) in [4.78, 5) is 16.3. The van der Waals surface area contributed by atoms with Crippen molar-refractivity contribution < 1.29 is 9.18 Å². The lowest BCUT2D eigenvalue weighted by Crippen LogP contribution is -2.43. The molecular weight excluding hydrogens is 371 g/mol. The van der Waals surface area contributed by atoms with E-state index in [4.69, 9.17) is 0 Å². The predicted octanol–water partition coefficient (Wildman–Crippen LogP) is 4.07. The van der Waals surface area contributed by atoms with Crippen molar-refractivity contribution in [2.75, 3.05) is 14.1 Å². The molecule has 1 unspecified atom stereocenters. The summed E-state index contributed by atoms with van der Waals surface area (Å²) < 4.78 is 14.3. The summed E-state index contributed by atoms with van der Waals surface area (Å²) in [7, 11) is 3.67. The van der Waals surface area contributed by atoms with Crippen molar-refractivity contribution in [3.63, 3.8) is 0 Å². The van der Waals surface area contributed by atoms with Gasteiger partial charge in [0.1, 0.15) is 5.82 Å². The van der Waals surface area contributed by atoms with Crippen LogP contribution in [0.1, 0.15) is 18.1 Å². The van der Waals surface area contributed by atoms with Gasteiger partial charge in [-0.15, -0.1) is 0 Å². The summed E-state index contributed by atoms with van der Waals surface area (Å²) in [5.74, 6) is -0.277. The fourth-order valence-corrected chi connectivity index (χ4v) is 2.94. The summed E-state index contributed by atoms with van der Waals surface area (Å²) in [5, 5.41) is 0. The Morgan fingerprint density at radius 1 is 1.12 bits per heavy atom. The van der Waals surface area contributed by atoms with E-state index in [-0.39, 0.29) is 17.8 Å². The maximum Gasteiger partial charge on any atom is 0.239 e. The number of hydrogen-bond acceptors (Lipinski definition) is 2. The summed E-state index contributed by atoms with van der Waals surface area (Å²) in [6.07, 6.45) is 0. The largest absolute Gasteiger partial charge is 0.340 e. The molecule has 2 aromatic carbocycles. The minimum Gasteiger partial charge on any atom is -0.340 e. The highest BCUT2D eigenvalue weighted by Gasteiger charge is 2.22. The van der Waals surface area contributed by atoms with Crippen LogP contribution in [0, 0.1) is 5.82 Å². The number of likely N-dealkylation sites (N-methyl/N-ethyl adjacent to an activating group) is 2. The molecule has 0 heterocycles. The highest BCUT2D eigenvalue weighted by atomic mass is 79.9. The average Bonchev–Trinajstić information content (AvgIpc) is 2.55. The maximum absolute atomic E-state index is 13.3. The first-order valence-corrected chi connectivity index (χ1v) is 8.61. The van der Waals surface area contributed by atoms with Crippen LogP contribution in [-0.2, 0) is 17.9 Å². The number of carbonyl (C=O) groups is 1. The lowest BCUT2D eigenvalue weighted by molar-refractivity contribution is -0.135. The van der Waals surface area contributed by atoms with Gasteiger partial charge in [0.2, 0.25) is 5.91 Å². The van der Waals surface area contributed by atoms with Gasteiger partial charge in [-0.1, -0.05) is 46.3 Å². The van der Waals surface area contributed by atoms with Crippen molar-refractivity contribution in [1.29, 1.82) is 0 Å². The topological polar surface area (TPSA) is 23.6 Å². The fraction of sp³-hybridized carbons (Fsp3) is 0.316. The molecule has 0 aliphatic carbocycles. The molecule has 3 nitrogen and oxygen atoms in total. The van der Waals surface area contributed by atoms with Crippen molar-refractivity contribution in [2.24, 2.45) is 0 Å². The summed E-state index contributed by atoms with van der Waals surface area (Å²) in [6.45, 7) is 2.95. The van der Waals surface area contributed by atoms with Gasteiger partial charge >= 0.3 is 0 Å². The Bertz CT molecular complexity index is 707. The number of carbonyl (C=O) groups excluding carboxylic acids is 1. The molecule has 0 aliphatic rings. The molecule has 24 heavy (non-hydrogen) atoms. The first kappa shape index (κ1) is 18.6. The standard InChI is InChI=1S/C19H22BrFN2O/c1-14(22(2)13-16-8-4-5-10-18(16)20)19(24)23(3)12-15-7-6-9-17(21)11-15/h4-11,14H,12-13H2,1-3H3. The van der Waals surface area contributed by atoms with Gasteiger partial charge in [0, 0.05) is 24.6 Å². The molecule has 0 N–H and O–H groups in total. The quantitative estimate of drug-likeness (QED) is 0.739. The zero-order valence-electron chi connectivity index (χ0n) is 14.2. The molecule has 0 spiro atoms. The van der Waals surface area contributed by atoms with Crippen LogP contribution >= 0.6 is 15.9 Å². The van der Waals surface area contributed by atoms with Crippen LogP contribution in [0.4, 0.5) is 4.39 Å². The van der Waals surface area contributed by atoms with Gasteiger partial charge in [-0.05, 0) is 43.3 Å². The highest BCUT2D eigenvalue weighted by molar-refractivity contribution is 9.10. The molecule has 0 aromatic heterocycles. The molecule has 2 aromatic rings. The number of rotatable bonds is 6. The second kappa shape index (κ2) is 8.40. The second-order valence-electron chi connectivity index (χ2n) is 6.01. The number of amides is 1. The van der Waals surface area contributed by atoms with Crippen LogP contribution in [0.5, 0.6) is 0 Å². The normalized spacial score (nSPS) is 12.2. The Morgan fingerprint density at radius 2 is 1.83 bits per heavy atom. The van der Waals surface area contributed by atoms with E-state index in [1.807, 2.05) is 49.2 Å². The molecule has 0 radical (unpaired) electrons. The molecule has 1 amide bonds. The van der Waals surface area contributed by atoms with Gasteiger partial charge in [0.05, 0.1) is 6.04 Å². The Kier molecular flexibility index (Phi) is 6.52. The van der Waals surface area contributed by atoms with Crippen molar-refractivity contribution in [3.8, 4) is 0 Å². The molecule has 5 heteroatoms. The molecule has 0 saturated heterocycles. The zero-order valence-corrected chi connectivity index (χ0v) is 15.8. The molecule has 1 atom stereocenters. The molecule has 0 saturated carbocycles. The van der Waals surface area contributed by atoms with Crippen molar-refractivity contribution in [1.82, 2.24) is 9.80 Å². The third-order valence-electron chi connectivity index (χ3n) is 4.08. The lowest BCUT2D eigenvalue weighted by atomic mass is 10.1. The van der Waals surface area contributed by atoms with Crippen LogP contribution in [0.15, 0.2) is 53.0 Å². The Balaban J connectivity index is 1.98.